The molecule has 2 unspecified atom stereocenters. The Morgan fingerprint density at radius 3 is 2.38 bits per heavy atom. The van der Waals surface area contributed by atoms with Gasteiger partial charge in [0.15, 0.2) is 0 Å². The van der Waals surface area contributed by atoms with Crippen LogP contribution in [0.2, 0.25) is 0 Å². The van der Waals surface area contributed by atoms with E-state index in [9.17, 15) is 4.79 Å². The highest BCUT2D eigenvalue weighted by Gasteiger charge is 2.29. The maximum Gasteiger partial charge on any atom is 0.274 e. The maximum absolute atomic E-state index is 11.5. The number of hydrogen-bond acceptors (Lipinski definition) is 5. The number of nitrogens with zero attached hydrogens (tertiary/aromatic N) is 3. The van der Waals surface area contributed by atoms with Crippen molar-refractivity contribution in [2.45, 2.75) is 39.0 Å². The van der Waals surface area contributed by atoms with E-state index in [1.165, 1.54) is 11.1 Å². The van der Waals surface area contributed by atoms with Crippen LogP contribution in [0.25, 0.3) is 11.1 Å². The summed E-state index contributed by atoms with van der Waals surface area (Å²) in [5.41, 5.74) is 7.01. The first-order valence-corrected chi connectivity index (χ1v) is 11.0. The number of hydrogen-bond donors (Lipinski definition) is 2. The zero-order chi connectivity index (χ0) is 22.5. The van der Waals surface area contributed by atoms with Crippen LogP contribution in [0.15, 0.2) is 73.1 Å². The fourth-order valence-electron chi connectivity index (χ4n) is 4.65. The van der Waals surface area contributed by atoms with E-state index in [2.05, 4.69) is 59.0 Å². The highest BCUT2D eigenvalue weighted by Crippen LogP contribution is 2.27. The quantitative estimate of drug-likeness (QED) is 0.458. The van der Waals surface area contributed by atoms with Crippen LogP contribution < -0.4 is 5.48 Å². The van der Waals surface area contributed by atoms with E-state index in [1.807, 2.05) is 30.6 Å². The molecule has 1 saturated heterocycles. The van der Waals surface area contributed by atoms with Crippen LogP contribution in [0.5, 0.6) is 0 Å². The number of benzene rings is 2. The van der Waals surface area contributed by atoms with Crippen molar-refractivity contribution in [3.8, 4) is 11.1 Å². The summed E-state index contributed by atoms with van der Waals surface area (Å²) in [6.07, 6.45) is 3.74. The Labute approximate surface area is 189 Å². The molecule has 1 aliphatic rings. The third-order valence-corrected chi connectivity index (χ3v) is 6.24. The summed E-state index contributed by atoms with van der Waals surface area (Å²) in [6, 6.07) is 20.9. The molecule has 0 saturated carbocycles. The summed E-state index contributed by atoms with van der Waals surface area (Å²) in [4.78, 5) is 20.9. The van der Waals surface area contributed by atoms with Gasteiger partial charge in [0, 0.05) is 61.8 Å². The minimum atomic E-state index is -0.487. The summed E-state index contributed by atoms with van der Waals surface area (Å²) in [6.45, 7) is 8.31. The Morgan fingerprint density at radius 2 is 1.72 bits per heavy atom. The predicted molar refractivity (Wildman–Crippen MR) is 125 cm³/mol. The Balaban J connectivity index is 1.43. The molecule has 166 valence electrons. The van der Waals surface area contributed by atoms with E-state index in [0.717, 1.165) is 37.3 Å². The first kappa shape index (κ1) is 22.1. The fraction of sp³-hybridized carbons (Fsp3) is 0.308. The number of aromatic nitrogens is 1. The van der Waals surface area contributed by atoms with Crippen molar-refractivity contribution >= 4 is 5.91 Å². The molecule has 0 spiro atoms. The number of hydroxylamine groups is 1. The Bertz CT molecular complexity index is 1030. The summed E-state index contributed by atoms with van der Waals surface area (Å²) in [5.74, 6) is -0.487. The third kappa shape index (κ3) is 5.05. The third-order valence-electron chi connectivity index (χ3n) is 6.24. The van der Waals surface area contributed by atoms with Gasteiger partial charge in [0.2, 0.25) is 0 Å². The largest absolute Gasteiger partial charge is 0.296 e. The Kier molecular flexibility index (Phi) is 6.95. The molecule has 1 aliphatic heterocycles. The monoisotopic (exact) mass is 430 g/mol. The van der Waals surface area contributed by atoms with E-state index < -0.39 is 5.91 Å². The lowest BCUT2D eigenvalue weighted by molar-refractivity contribution is 0.0291. The molecule has 1 fully saturated rings. The predicted octanol–water partition coefficient (Wildman–Crippen LogP) is 3.96. The van der Waals surface area contributed by atoms with E-state index >= 15 is 0 Å². The molecule has 2 aromatic carbocycles. The number of nitrogens with one attached hydrogen (secondary N) is 1. The van der Waals surface area contributed by atoms with Gasteiger partial charge in [0.1, 0.15) is 0 Å². The lowest BCUT2D eigenvalue weighted by atomic mass is 9.98. The molecule has 4 rings (SSSR count). The first-order chi connectivity index (χ1) is 15.5. The molecule has 6 nitrogen and oxygen atoms in total. The van der Waals surface area contributed by atoms with Crippen molar-refractivity contribution in [2.75, 3.05) is 13.1 Å². The van der Waals surface area contributed by atoms with Crippen molar-refractivity contribution in [3.63, 3.8) is 0 Å². The lowest BCUT2D eigenvalue weighted by Crippen LogP contribution is -2.55. The number of pyridine rings is 1. The molecular weight excluding hydrogens is 400 g/mol. The van der Waals surface area contributed by atoms with Gasteiger partial charge in [-0.2, -0.15) is 0 Å². The Morgan fingerprint density at radius 1 is 1.00 bits per heavy atom. The Hall–Kier alpha value is -3.06. The van der Waals surface area contributed by atoms with E-state index in [1.54, 1.807) is 17.6 Å². The van der Waals surface area contributed by atoms with Crippen LogP contribution in [-0.4, -0.2) is 51.1 Å². The molecule has 32 heavy (non-hydrogen) atoms. The molecule has 2 N–H and O–H groups in total. The smallest absolute Gasteiger partial charge is 0.274 e. The molecule has 1 aromatic heterocycles. The van der Waals surface area contributed by atoms with Gasteiger partial charge in [-0.25, -0.2) is 5.48 Å². The molecule has 2 atom stereocenters. The molecule has 2 heterocycles. The average Bonchev–Trinajstić information content (AvgIpc) is 2.82. The van der Waals surface area contributed by atoms with Crippen LogP contribution in [0, 0.1) is 0 Å². The average molecular weight is 431 g/mol. The van der Waals surface area contributed by atoms with Gasteiger partial charge in [0.05, 0.1) is 0 Å². The number of carbonyl (C=O) groups excluding carboxylic acids is 1. The molecule has 1 amide bonds. The number of piperazine rings is 1. The maximum atomic E-state index is 11.5. The van der Waals surface area contributed by atoms with E-state index in [0.29, 0.717) is 17.6 Å². The standard InChI is InChI=1S/C26H30N4O2/c1-19-15-29(17-21-9-11-22(12-10-21)26(31)28-32)16-20(2)30(19)18-24-6-3-4-8-25(24)23-7-5-13-27-14-23/h3-14,19-20,32H,15-18H2,1-2H3,(H,28,31). The van der Waals surface area contributed by atoms with Gasteiger partial charge in [-0.1, -0.05) is 42.5 Å². The first-order valence-electron chi connectivity index (χ1n) is 11.0. The molecule has 0 bridgehead atoms. The fourth-order valence-corrected chi connectivity index (χ4v) is 4.65. The van der Waals surface area contributed by atoms with Crippen LogP contribution in [0.4, 0.5) is 0 Å². The van der Waals surface area contributed by atoms with Gasteiger partial charge in [-0.3, -0.25) is 24.8 Å². The number of rotatable bonds is 6. The van der Waals surface area contributed by atoms with Gasteiger partial charge < -0.3 is 0 Å². The number of amides is 1. The van der Waals surface area contributed by atoms with Crippen molar-refractivity contribution in [1.82, 2.24) is 20.3 Å². The van der Waals surface area contributed by atoms with Crippen molar-refractivity contribution in [3.05, 3.63) is 89.7 Å². The molecular formula is C26H30N4O2. The van der Waals surface area contributed by atoms with Gasteiger partial charge >= 0.3 is 0 Å². The highest BCUT2D eigenvalue weighted by molar-refractivity contribution is 5.93. The molecule has 0 aliphatic carbocycles. The van der Waals surface area contributed by atoms with Gasteiger partial charge in [-0.15, -0.1) is 0 Å². The van der Waals surface area contributed by atoms with Crippen molar-refractivity contribution in [1.29, 1.82) is 0 Å². The van der Waals surface area contributed by atoms with Gasteiger partial charge in [0.25, 0.3) is 5.91 Å². The minimum Gasteiger partial charge on any atom is -0.296 e. The zero-order valence-corrected chi connectivity index (χ0v) is 18.6. The van der Waals surface area contributed by atoms with Crippen molar-refractivity contribution < 1.29 is 10.0 Å². The lowest BCUT2D eigenvalue weighted by Gasteiger charge is -2.44. The molecule has 3 aromatic rings. The van der Waals surface area contributed by atoms with E-state index in [4.69, 9.17) is 5.21 Å². The summed E-state index contributed by atoms with van der Waals surface area (Å²) in [5, 5.41) is 8.77. The summed E-state index contributed by atoms with van der Waals surface area (Å²) >= 11 is 0. The molecule has 0 radical (unpaired) electrons. The zero-order valence-electron chi connectivity index (χ0n) is 18.6. The normalized spacial score (nSPS) is 19.6. The summed E-state index contributed by atoms with van der Waals surface area (Å²) < 4.78 is 0. The topological polar surface area (TPSA) is 68.7 Å². The molecule has 6 heteroatoms. The van der Waals surface area contributed by atoms with E-state index in [-0.39, 0.29) is 0 Å². The van der Waals surface area contributed by atoms with Gasteiger partial charge in [-0.05, 0) is 48.7 Å². The summed E-state index contributed by atoms with van der Waals surface area (Å²) in [7, 11) is 0. The van der Waals surface area contributed by atoms with Crippen LogP contribution in [0.1, 0.15) is 35.3 Å². The number of carbonyl (C=O) groups is 1. The second-order valence-electron chi connectivity index (χ2n) is 8.60. The second-order valence-corrected chi connectivity index (χ2v) is 8.60. The van der Waals surface area contributed by atoms with Crippen LogP contribution >= 0.6 is 0 Å². The van der Waals surface area contributed by atoms with Crippen LogP contribution in [-0.2, 0) is 13.1 Å². The SMILES string of the molecule is CC1CN(Cc2ccc(C(=O)NO)cc2)CC(C)N1Cc1ccccc1-c1cccnc1. The minimum absolute atomic E-state index is 0.417. The van der Waals surface area contributed by atoms with Crippen molar-refractivity contribution in [2.24, 2.45) is 0 Å². The second kappa shape index (κ2) is 10.0. The van der Waals surface area contributed by atoms with Crippen LogP contribution in [0.3, 0.4) is 0 Å². The highest BCUT2D eigenvalue weighted by atomic mass is 16.5.